The Kier molecular flexibility index (Phi) is 5.79. The van der Waals surface area contributed by atoms with Crippen molar-refractivity contribution >= 4 is 27.7 Å². The zero-order valence-electron chi connectivity index (χ0n) is 13.7. The smallest absolute Gasteiger partial charge is 0.267 e. The van der Waals surface area contributed by atoms with Crippen LogP contribution in [0.2, 0.25) is 0 Å². The Balaban J connectivity index is 2.16. The summed E-state index contributed by atoms with van der Waals surface area (Å²) in [4.78, 5) is 11.1. The molecule has 0 radical (unpaired) electrons. The normalized spacial score (nSPS) is 11.3. The number of hydrogen-bond acceptors (Lipinski definition) is 5. The molecule has 132 valence electrons. The number of anilines is 1. The topological polar surface area (TPSA) is 105 Å². The summed E-state index contributed by atoms with van der Waals surface area (Å²) < 4.78 is 32.5. The summed E-state index contributed by atoms with van der Waals surface area (Å²) in [6, 6.07) is 11.0. The molecule has 25 heavy (non-hydrogen) atoms. The van der Waals surface area contributed by atoms with Crippen LogP contribution >= 0.6 is 0 Å². The van der Waals surface area contributed by atoms with E-state index >= 15 is 0 Å². The molecule has 8 heteroatoms. The van der Waals surface area contributed by atoms with E-state index in [1.807, 2.05) is 0 Å². The second-order valence-electron chi connectivity index (χ2n) is 5.17. The van der Waals surface area contributed by atoms with Gasteiger partial charge in [-0.1, -0.05) is 12.1 Å². The van der Waals surface area contributed by atoms with Gasteiger partial charge in [-0.3, -0.25) is 14.7 Å². The maximum absolute atomic E-state index is 12.4. The van der Waals surface area contributed by atoms with Crippen molar-refractivity contribution in [3.05, 3.63) is 59.7 Å². The Bertz CT molecular complexity index is 890. The standard InChI is InChI=1S/C17H18N2O5S/c1-12-11-15(8-9-16(12)24-2)25(22,23)19-14-6-3-13(4-7-14)5-10-17(20)18-21/h3-11,19,21H,1-2H3,(H,18,20)/b10-5+. The SMILES string of the molecule is COc1ccc(S(=O)(=O)Nc2ccc(/C=C/C(=O)NO)cc2)cc1C. The monoisotopic (exact) mass is 362 g/mol. The molecule has 1 amide bonds. The fourth-order valence-electron chi connectivity index (χ4n) is 2.10. The highest BCUT2D eigenvalue weighted by Gasteiger charge is 2.15. The molecular weight excluding hydrogens is 344 g/mol. The molecule has 2 aromatic rings. The van der Waals surface area contributed by atoms with E-state index in [2.05, 4.69) is 4.72 Å². The number of benzene rings is 2. The van der Waals surface area contributed by atoms with E-state index in [1.54, 1.807) is 37.3 Å². The van der Waals surface area contributed by atoms with Gasteiger partial charge in [-0.2, -0.15) is 0 Å². The number of rotatable bonds is 6. The molecule has 2 aromatic carbocycles. The predicted molar refractivity (Wildman–Crippen MR) is 93.9 cm³/mol. The van der Waals surface area contributed by atoms with Gasteiger partial charge in [0.05, 0.1) is 12.0 Å². The van der Waals surface area contributed by atoms with Crippen molar-refractivity contribution in [1.29, 1.82) is 0 Å². The van der Waals surface area contributed by atoms with E-state index in [9.17, 15) is 13.2 Å². The number of methoxy groups -OCH3 is 1. The second-order valence-corrected chi connectivity index (χ2v) is 6.85. The van der Waals surface area contributed by atoms with Crippen LogP contribution in [0.25, 0.3) is 6.08 Å². The fourth-order valence-corrected chi connectivity index (χ4v) is 3.25. The van der Waals surface area contributed by atoms with Crippen LogP contribution in [-0.2, 0) is 14.8 Å². The van der Waals surface area contributed by atoms with Gasteiger partial charge in [0, 0.05) is 11.8 Å². The van der Waals surface area contributed by atoms with E-state index < -0.39 is 15.9 Å². The number of hydroxylamine groups is 1. The molecule has 0 unspecified atom stereocenters. The Morgan fingerprint density at radius 3 is 2.40 bits per heavy atom. The van der Waals surface area contributed by atoms with Crippen molar-refractivity contribution in [1.82, 2.24) is 5.48 Å². The molecule has 0 atom stereocenters. The number of nitrogens with one attached hydrogen (secondary N) is 2. The van der Waals surface area contributed by atoms with E-state index in [-0.39, 0.29) is 4.90 Å². The quantitative estimate of drug-likeness (QED) is 0.416. The van der Waals surface area contributed by atoms with Crippen LogP contribution < -0.4 is 14.9 Å². The van der Waals surface area contributed by atoms with Gasteiger partial charge in [-0.25, -0.2) is 13.9 Å². The van der Waals surface area contributed by atoms with E-state index in [4.69, 9.17) is 9.94 Å². The Morgan fingerprint density at radius 2 is 1.84 bits per heavy atom. The first kappa shape index (κ1) is 18.5. The number of ether oxygens (including phenoxy) is 1. The van der Waals surface area contributed by atoms with Crippen molar-refractivity contribution in [2.24, 2.45) is 0 Å². The maximum atomic E-state index is 12.4. The molecule has 0 aliphatic heterocycles. The second kappa shape index (κ2) is 7.82. The average molecular weight is 362 g/mol. The summed E-state index contributed by atoms with van der Waals surface area (Å²) in [6.07, 6.45) is 2.63. The van der Waals surface area contributed by atoms with Gasteiger partial charge in [0.1, 0.15) is 5.75 Å². The van der Waals surface area contributed by atoms with Gasteiger partial charge in [0.2, 0.25) is 0 Å². The summed E-state index contributed by atoms with van der Waals surface area (Å²) in [5.41, 5.74) is 3.26. The maximum Gasteiger partial charge on any atom is 0.267 e. The van der Waals surface area contributed by atoms with E-state index in [0.29, 0.717) is 22.6 Å². The molecule has 0 heterocycles. The highest BCUT2D eigenvalue weighted by molar-refractivity contribution is 7.92. The molecule has 7 nitrogen and oxygen atoms in total. The molecule has 3 N–H and O–H groups in total. The molecule has 0 saturated carbocycles. The summed E-state index contributed by atoms with van der Waals surface area (Å²) in [7, 11) is -2.20. The Hall–Kier alpha value is -2.84. The molecule has 2 rings (SSSR count). The molecule has 0 aliphatic rings. The molecule has 0 fully saturated rings. The van der Waals surface area contributed by atoms with Crippen LogP contribution in [-0.4, -0.2) is 26.6 Å². The highest BCUT2D eigenvalue weighted by Crippen LogP contribution is 2.23. The average Bonchev–Trinajstić information content (AvgIpc) is 2.60. The zero-order chi connectivity index (χ0) is 18.4. The number of sulfonamides is 1. The van der Waals surface area contributed by atoms with Crippen LogP contribution in [0.5, 0.6) is 5.75 Å². The number of hydrogen-bond donors (Lipinski definition) is 3. The molecule has 0 saturated heterocycles. The van der Waals surface area contributed by atoms with Crippen LogP contribution in [0.3, 0.4) is 0 Å². The fraction of sp³-hybridized carbons (Fsp3) is 0.118. The number of aryl methyl sites for hydroxylation is 1. The van der Waals surface area contributed by atoms with Crippen LogP contribution in [0.15, 0.2) is 53.4 Å². The summed E-state index contributed by atoms with van der Waals surface area (Å²) in [5.74, 6) is -0.0401. The minimum atomic E-state index is -3.72. The van der Waals surface area contributed by atoms with Crippen molar-refractivity contribution in [3.63, 3.8) is 0 Å². The lowest BCUT2D eigenvalue weighted by molar-refractivity contribution is -0.124. The minimum Gasteiger partial charge on any atom is -0.496 e. The van der Waals surface area contributed by atoms with Crippen molar-refractivity contribution < 1.29 is 23.2 Å². The molecular formula is C17H18N2O5S. The third-order valence-electron chi connectivity index (χ3n) is 3.38. The molecule has 0 aromatic heterocycles. The third-order valence-corrected chi connectivity index (χ3v) is 4.76. The van der Waals surface area contributed by atoms with Crippen molar-refractivity contribution in [2.45, 2.75) is 11.8 Å². The van der Waals surface area contributed by atoms with Gasteiger partial charge >= 0.3 is 0 Å². The van der Waals surface area contributed by atoms with Crippen LogP contribution in [0.1, 0.15) is 11.1 Å². The first-order valence-electron chi connectivity index (χ1n) is 7.25. The Morgan fingerprint density at radius 1 is 1.16 bits per heavy atom. The predicted octanol–water partition coefficient (Wildman–Crippen LogP) is 2.32. The summed E-state index contributed by atoms with van der Waals surface area (Å²) >= 11 is 0. The number of carbonyl (C=O) groups is 1. The minimum absolute atomic E-state index is 0.134. The third kappa shape index (κ3) is 4.82. The van der Waals surface area contributed by atoms with Crippen LogP contribution in [0, 0.1) is 6.92 Å². The lowest BCUT2D eigenvalue weighted by atomic mass is 10.2. The lowest BCUT2D eigenvalue weighted by Gasteiger charge is -2.10. The summed E-state index contributed by atoms with van der Waals surface area (Å²) in [6.45, 7) is 1.77. The van der Waals surface area contributed by atoms with Gasteiger partial charge in [-0.15, -0.1) is 0 Å². The molecule has 0 aliphatic carbocycles. The number of carbonyl (C=O) groups excluding carboxylic acids is 1. The van der Waals surface area contributed by atoms with E-state index in [0.717, 1.165) is 6.08 Å². The van der Waals surface area contributed by atoms with Gasteiger partial charge < -0.3 is 4.74 Å². The van der Waals surface area contributed by atoms with E-state index in [1.165, 1.54) is 30.8 Å². The van der Waals surface area contributed by atoms with Crippen molar-refractivity contribution in [3.8, 4) is 5.75 Å². The number of amides is 1. The molecule has 0 spiro atoms. The largest absolute Gasteiger partial charge is 0.496 e. The molecule has 0 bridgehead atoms. The Labute approximate surface area is 146 Å². The van der Waals surface area contributed by atoms with Crippen molar-refractivity contribution in [2.75, 3.05) is 11.8 Å². The van der Waals surface area contributed by atoms with Crippen LogP contribution in [0.4, 0.5) is 5.69 Å². The zero-order valence-corrected chi connectivity index (χ0v) is 14.5. The summed E-state index contributed by atoms with van der Waals surface area (Å²) in [5, 5.41) is 8.41. The van der Waals surface area contributed by atoms with Gasteiger partial charge in [-0.05, 0) is 54.5 Å². The lowest BCUT2D eigenvalue weighted by Crippen LogP contribution is -2.14. The van der Waals surface area contributed by atoms with Gasteiger partial charge in [0.15, 0.2) is 0 Å². The van der Waals surface area contributed by atoms with Gasteiger partial charge in [0.25, 0.3) is 15.9 Å². The highest BCUT2D eigenvalue weighted by atomic mass is 32.2. The first-order chi connectivity index (χ1) is 11.9. The first-order valence-corrected chi connectivity index (χ1v) is 8.73.